The molecule has 1 aliphatic carbocycles. The summed E-state index contributed by atoms with van der Waals surface area (Å²) >= 11 is 0. The van der Waals surface area contributed by atoms with Gasteiger partial charge in [-0.2, -0.15) is 13.2 Å². The van der Waals surface area contributed by atoms with Gasteiger partial charge in [-0.15, -0.1) is 0 Å². The first-order valence-corrected chi connectivity index (χ1v) is 7.78. The third kappa shape index (κ3) is 3.36. The summed E-state index contributed by atoms with van der Waals surface area (Å²) in [5.74, 6) is 0. The number of halogens is 3. The molecule has 1 aromatic rings. The molecule has 0 fully saturated rings. The van der Waals surface area contributed by atoms with Crippen LogP contribution in [-0.4, -0.2) is 19.8 Å². The second-order valence-corrected chi connectivity index (χ2v) is 6.86. The van der Waals surface area contributed by atoms with Gasteiger partial charge in [0.05, 0.1) is 15.7 Å². The van der Waals surface area contributed by atoms with E-state index >= 15 is 0 Å². The number of hydrogen-bond acceptors (Lipinski definition) is 3. The molecule has 0 radical (unpaired) electrons. The molecule has 3 nitrogen and oxygen atoms in total. The van der Waals surface area contributed by atoms with Gasteiger partial charge in [-0.05, 0) is 24.1 Å². The van der Waals surface area contributed by atoms with E-state index in [9.17, 15) is 21.6 Å². The lowest BCUT2D eigenvalue weighted by Crippen LogP contribution is -2.24. The van der Waals surface area contributed by atoms with E-state index in [1.54, 1.807) is 12.1 Å². The van der Waals surface area contributed by atoms with Gasteiger partial charge in [-0.25, -0.2) is 8.42 Å². The van der Waals surface area contributed by atoms with Crippen molar-refractivity contribution < 1.29 is 21.6 Å². The van der Waals surface area contributed by atoms with Crippen molar-refractivity contribution in [1.29, 1.82) is 0 Å². The molecule has 1 atom stereocenters. The van der Waals surface area contributed by atoms with Crippen LogP contribution < -0.4 is 5.73 Å². The van der Waals surface area contributed by atoms with Crippen molar-refractivity contribution in [3.8, 4) is 0 Å². The van der Waals surface area contributed by atoms with E-state index in [0.29, 0.717) is 0 Å². The maximum absolute atomic E-state index is 12.7. The molecule has 114 valence electrons. The molecule has 1 aliphatic rings. The molecule has 2 N–H and O–H groups in total. The van der Waals surface area contributed by atoms with Gasteiger partial charge < -0.3 is 5.73 Å². The third-order valence-electron chi connectivity index (χ3n) is 3.24. The number of allylic oxidation sites excluding steroid dienone is 3. The highest BCUT2D eigenvalue weighted by Gasteiger charge is 2.36. The smallest absolute Gasteiger partial charge is 0.326 e. The minimum atomic E-state index is -4.55. The largest absolute Gasteiger partial charge is 0.416 e. The first-order chi connectivity index (χ1) is 9.75. The van der Waals surface area contributed by atoms with Crippen molar-refractivity contribution in [3.05, 3.63) is 53.6 Å². The number of nitrogens with two attached hydrogens (primary N) is 1. The van der Waals surface area contributed by atoms with E-state index in [4.69, 9.17) is 5.73 Å². The summed E-state index contributed by atoms with van der Waals surface area (Å²) in [5.41, 5.74) is 5.25. The SMILES string of the molecule is NCc1ccc(S(=O)(=O)C2C=C(C(F)(F)F)C=CC2)cc1. The van der Waals surface area contributed by atoms with Gasteiger partial charge in [0, 0.05) is 6.54 Å². The molecule has 1 unspecified atom stereocenters. The van der Waals surface area contributed by atoms with E-state index in [1.807, 2.05) is 0 Å². The molecule has 0 heterocycles. The van der Waals surface area contributed by atoms with Gasteiger partial charge in [0.1, 0.15) is 0 Å². The van der Waals surface area contributed by atoms with E-state index in [-0.39, 0.29) is 17.9 Å². The maximum Gasteiger partial charge on any atom is 0.416 e. The van der Waals surface area contributed by atoms with E-state index < -0.39 is 26.8 Å². The lowest BCUT2D eigenvalue weighted by molar-refractivity contribution is -0.0885. The van der Waals surface area contributed by atoms with Crippen molar-refractivity contribution in [1.82, 2.24) is 0 Å². The summed E-state index contributed by atoms with van der Waals surface area (Å²) < 4.78 is 62.8. The quantitative estimate of drug-likeness (QED) is 0.932. The van der Waals surface area contributed by atoms with Crippen molar-refractivity contribution in [3.63, 3.8) is 0 Å². The fourth-order valence-electron chi connectivity index (χ4n) is 2.05. The lowest BCUT2D eigenvalue weighted by atomic mass is 10.1. The highest BCUT2D eigenvalue weighted by Crippen LogP contribution is 2.32. The van der Waals surface area contributed by atoms with Gasteiger partial charge in [0.2, 0.25) is 0 Å². The Morgan fingerprint density at radius 2 is 1.81 bits per heavy atom. The van der Waals surface area contributed by atoms with Crippen LogP contribution in [0.1, 0.15) is 12.0 Å². The maximum atomic E-state index is 12.7. The summed E-state index contributed by atoms with van der Waals surface area (Å²) in [6.45, 7) is 0.268. The van der Waals surface area contributed by atoms with Gasteiger partial charge in [0.25, 0.3) is 0 Å². The molecular formula is C14H14F3NO2S. The summed E-state index contributed by atoms with van der Waals surface area (Å²) in [6.07, 6.45) is -1.61. The minimum absolute atomic E-state index is 0.00206. The summed E-state index contributed by atoms with van der Waals surface area (Å²) in [7, 11) is -3.85. The number of rotatable bonds is 3. The first-order valence-electron chi connectivity index (χ1n) is 6.23. The van der Waals surface area contributed by atoms with Crippen molar-refractivity contribution in [2.75, 3.05) is 0 Å². The van der Waals surface area contributed by atoms with Crippen molar-refractivity contribution in [2.45, 2.75) is 29.3 Å². The fraction of sp³-hybridized carbons (Fsp3) is 0.286. The Bertz CT molecular complexity index is 673. The second-order valence-electron chi connectivity index (χ2n) is 4.69. The Balaban J connectivity index is 2.35. The predicted molar refractivity (Wildman–Crippen MR) is 73.2 cm³/mol. The zero-order valence-electron chi connectivity index (χ0n) is 11.0. The van der Waals surface area contributed by atoms with Gasteiger partial charge in [0.15, 0.2) is 9.84 Å². The van der Waals surface area contributed by atoms with Gasteiger partial charge in [-0.1, -0.05) is 30.4 Å². The van der Waals surface area contributed by atoms with Crippen LogP contribution >= 0.6 is 0 Å². The monoisotopic (exact) mass is 317 g/mol. The average Bonchev–Trinajstić information content (AvgIpc) is 2.46. The normalized spacial score (nSPS) is 19.4. The topological polar surface area (TPSA) is 60.2 Å². The molecule has 0 aliphatic heterocycles. The molecule has 0 bridgehead atoms. The highest BCUT2D eigenvalue weighted by molar-refractivity contribution is 7.92. The third-order valence-corrected chi connectivity index (χ3v) is 5.30. The number of sulfone groups is 1. The van der Waals surface area contributed by atoms with Crippen LogP contribution in [0.3, 0.4) is 0 Å². The predicted octanol–water partition coefficient (Wildman–Crippen LogP) is 2.74. The Morgan fingerprint density at radius 3 is 2.33 bits per heavy atom. The minimum Gasteiger partial charge on any atom is -0.326 e. The van der Waals surface area contributed by atoms with Crippen LogP contribution in [0, 0.1) is 0 Å². The number of benzene rings is 1. The zero-order chi connectivity index (χ0) is 15.7. The Labute approximate surface area is 120 Å². The van der Waals surface area contributed by atoms with Crippen LogP contribution in [0.15, 0.2) is 53.0 Å². The Hall–Kier alpha value is -1.60. The standard InChI is InChI=1S/C14H14F3NO2S/c15-14(16,17)11-2-1-3-13(8-11)21(19,20)12-6-4-10(9-18)5-7-12/h1-2,4-8,13H,3,9,18H2. The summed E-state index contributed by atoms with van der Waals surface area (Å²) in [5, 5.41) is -1.21. The first kappa shape index (κ1) is 15.8. The molecular weight excluding hydrogens is 303 g/mol. The van der Waals surface area contributed by atoms with E-state index in [0.717, 1.165) is 17.7 Å². The Kier molecular flexibility index (Phi) is 4.25. The van der Waals surface area contributed by atoms with E-state index in [2.05, 4.69) is 0 Å². The molecule has 0 saturated heterocycles. The molecule has 1 aromatic carbocycles. The number of alkyl halides is 3. The van der Waals surface area contributed by atoms with Gasteiger partial charge >= 0.3 is 6.18 Å². The molecule has 0 saturated carbocycles. The molecule has 7 heteroatoms. The summed E-state index contributed by atoms with van der Waals surface area (Å²) in [6, 6.07) is 5.85. The number of hydrogen-bond donors (Lipinski definition) is 1. The molecule has 0 aromatic heterocycles. The summed E-state index contributed by atoms with van der Waals surface area (Å²) in [4.78, 5) is -0.00206. The molecule has 21 heavy (non-hydrogen) atoms. The molecule has 2 rings (SSSR count). The van der Waals surface area contributed by atoms with Crippen LogP contribution in [-0.2, 0) is 16.4 Å². The highest BCUT2D eigenvalue weighted by atomic mass is 32.2. The van der Waals surface area contributed by atoms with Crippen LogP contribution in [0.2, 0.25) is 0 Å². The zero-order valence-corrected chi connectivity index (χ0v) is 11.8. The van der Waals surface area contributed by atoms with E-state index in [1.165, 1.54) is 18.2 Å². The van der Waals surface area contributed by atoms with Crippen LogP contribution in [0.25, 0.3) is 0 Å². The van der Waals surface area contributed by atoms with Crippen molar-refractivity contribution >= 4 is 9.84 Å². The van der Waals surface area contributed by atoms with Gasteiger partial charge in [-0.3, -0.25) is 0 Å². The van der Waals surface area contributed by atoms with Crippen molar-refractivity contribution in [2.24, 2.45) is 5.73 Å². The second kappa shape index (κ2) is 5.65. The lowest BCUT2D eigenvalue weighted by Gasteiger charge is -2.19. The molecule has 0 amide bonds. The average molecular weight is 317 g/mol. The van der Waals surface area contributed by atoms with Crippen LogP contribution in [0.5, 0.6) is 0 Å². The molecule has 0 spiro atoms. The van der Waals surface area contributed by atoms with Crippen LogP contribution in [0.4, 0.5) is 13.2 Å². The fourth-order valence-corrected chi connectivity index (χ4v) is 3.60. The Morgan fingerprint density at radius 1 is 1.19 bits per heavy atom.